The molecule has 1 rings (SSSR count). The van der Waals surface area contributed by atoms with Gasteiger partial charge in [-0.05, 0) is 18.6 Å². The Hall–Kier alpha value is -1.12. The lowest BCUT2D eigenvalue weighted by Crippen LogP contribution is -1.96. The molecule has 0 aromatic heterocycles. The van der Waals surface area contributed by atoms with Gasteiger partial charge in [-0.3, -0.25) is 0 Å². The molecule has 1 aromatic rings. The number of halogens is 2. The molecular weight excluding hydrogens is 162 g/mol. The van der Waals surface area contributed by atoms with Gasteiger partial charge in [0.2, 0.25) is 0 Å². The minimum absolute atomic E-state index is 0.246. The molecule has 0 saturated heterocycles. The second kappa shape index (κ2) is 4.04. The molecule has 0 atom stereocenters. The van der Waals surface area contributed by atoms with Gasteiger partial charge in [0.1, 0.15) is 5.75 Å². The van der Waals surface area contributed by atoms with Gasteiger partial charge in [-0.25, -0.2) is 8.78 Å². The maximum absolute atomic E-state index is 12.5. The van der Waals surface area contributed by atoms with E-state index in [1.54, 1.807) is 0 Å². The van der Waals surface area contributed by atoms with Gasteiger partial charge in [-0.1, -0.05) is 6.92 Å². The summed E-state index contributed by atoms with van der Waals surface area (Å²) >= 11 is 0. The summed E-state index contributed by atoms with van der Waals surface area (Å²) in [6.45, 7) is 2.42. The lowest BCUT2D eigenvalue weighted by atomic mass is 10.3. The quantitative estimate of drug-likeness (QED) is 0.679. The molecule has 0 unspecified atom stereocenters. The average molecular weight is 171 g/mol. The Kier molecular flexibility index (Phi) is 3.02. The molecular formula is C9H9F2O. The number of rotatable bonds is 3. The van der Waals surface area contributed by atoms with Crippen LogP contribution in [0.15, 0.2) is 12.1 Å². The summed E-state index contributed by atoms with van der Waals surface area (Å²) in [5.41, 5.74) is 0. The van der Waals surface area contributed by atoms with Crippen molar-refractivity contribution < 1.29 is 13.5 Å². The van der Waals surface area contributed by atoms with Gasteiger partial charge in [0, 0.05) is 0 Å². The van der Waals surface area contributed by atoms with Crippen LogP contribution in [-0.4, -0.2) is 6.61 Å². The molecule has 65 valence electrons. The first-order chi connectivity index (χ1) is 5.74. The van der Waals surface area contributed by atoms with Crippen LogP contribution in [0.4, 0.5) is 8.78 Å². The van der Waals surface area contributed by atoms with Crippen molar-refractivity contribution in [2.45, 2.75) is 13.3 Å². The Morgan fingerprint density at radius 3 is 2.75 bits per heavy atom. The average Bonchev–Trinajstić information content (AvgIpc) is 2.07. The molecule has 0 fully saturated rings. The highest BCUT2D eigenvalue weighted by atomic mass is 19.2. The number of hydrogen-bond donors (Lipinski definition) is 0. The third kappa shape index (κ3) is 2.19. The van der Waals surface area contributed by atoms with Crippen LogP contribution in [0.2, 0.25) is 0 Å². The fourth-order valence-electron chi connectivity index (χ4n) is 0.728. The fourth-order valence-corrected chi connectivity index (χ4v) is 0.728. The predicted octanol–water partition coefficient (Wildman–Crippen LogP) is 2.55. The molecule has 0 N–H and O–H groups in total. The topological polar surface area (TPSA) is 9.23 Å². The van der Waals surface area contributed by atoms with Crippen LogP contribution in [0.3, 0.4) is 0 Å². The first kappa shape index (κ1) is 8.97. The Morgan fingerprint density at radius 2 is 2.17 bits per heavy atom. The molecule has 1 aromatic carbocycles. The minimum atomic E-state index is -0.997. The van der Waals surface area contributed by atoms with Gasteiger partial charge < -0.3 is 4.74 Å². The third-order valence-electron chi connectivity index (χ3n) is 1.29. The standard InChI is InChI=1S/C9H9F2O/c1-2-5-12-7-3-4-8(10)9(11)6-7/h3-4H,2,5H2,1H3. The number of hydrogen-bond acceptors (Lipinski definition) is 1. The maximum Gasteiger partial charge on any atom is 0.170 e. The van der Waals surface area contributed by atoms with E-state index >= 15 is 0 Å². The fraction of sp³-hybridized carbons (Fsp3) is 0.333. The van der Waals surface area contributed by atoms with Crippen LogP contribution >= 0.6 is 0 Å². The summed E-state index contributed by atoms with van der Waals surface area (Å²) in [4.78, 5) is 0. The zero-order valence-electron chi connectivity index (χ0n) is 6.73. The third-order valence-corrected chi connectivity index (χ3v) is 1.29. The second-order valence-electron chi connectivity index (χ2n) is 2.33. The summed E-state index contributed by atoms with van der Waals surface area (Å²) in [6.07, 6.45) is 0.826. The highest BCUT2D eigenvalue weighted by Gasteiger charge is 2.02. The Balaban J connectivity index is 2.69. The van der Waals surface area contributed by atoms with Crippen molar-refractivity contribution in [3.63, 3.8) is 0 Å². The molecule has 0 saturated carbocycles. The first-order valence-electron chi connectivity index (χ1n) is 3.74. The molecule has 3 heteroatoms. The molecule has 0 spiro atoms. The van der Waals surface area contributed by atoms with E-state index < -0.39 is 11.6 Å². The monoisotopic (exact) mass is 171 g/mol. The van der Waals surface area contributed by atoms with E-state index in [0.717, 1.165) is 12.5 Å². The zero-order chi connectivity index (χ0) is 8.97. The van der Waals surface area contributed by atoms with Crippen LogP contribution < -0.4 is 4.74 Å². The summed E-state index contributed by atoms with van der Waals surface area (Å²) in [6, 6.07) is 4.53. The summed E-state index contributed by atoms with van der Waals surface area (Å²) in [5.74, 6) is -1.65. The van der Waals surface area contributed by atoms with Crippen molar-refractivity contribution in [2.75, 3.05) is 6.61 Å². The van der Waals surface area contributed by atoms with E-state index in [4.69, 9.17) is 4.74 Å². The highest BCUT2D eigenvalue weighted by Crippen LogP contribution is 2.14. The summed E-state index contributed by atoms with van der Waals surface area (Å²) in [5, 5.41) is 0. The van der Waals surface area contributed by atoms with E-state index in [0.29, 0.717) is 6.61 Å². The lowest BCUT2D eigenvalue weighted by molar-refractivity contribution is 0.313. The minimum Gasteiger partial charge on any atom is -0.493 e. The molecule has 12 heavy (non-hydrogen) atoms. The van der Waals surface area contributed by atoms with E-state index in [-0.39, 0.29) is 5.75 Å². The van der Waals surface area contributed by atoms with Crippen LogP contribution in [0.5, 0.6) is 5.75 Å². The van der Waals surface area contributed by atoms with Crippen LogP contribution in [0, 0.1) is 17.7 Å². The van der Waals surface area contributed by atoms with Gasteiger partial charge in [0.15, 0.2) is 11.6 Å². The lowest BCUT2D eigenvalue weighted by Gasteiger charge is -2.02. The van der Waals surface area contributed by atoms with Crippen molar-refractivity contribution in [2.24, 2.45) is 0 Å². The van der Waals surface area contributed by atoms with Crippen LogP contribution in [0.25, 0.3) is 0 Å². The van der Waals surface area contributed by atoms with Crippen molar-refractivity contribution in [3.8, 4) is 5.75 Å². The van der Waals surface area contributed by atoms with Crippen molar-refractivity contribution in [3.05, 3.63) is 29.8 Å². The molecule has 0 aliphatic heterocycles. The van der Waals surface area contributed by atoms with Gasteiger partial charge in [-0.2, -0.15) is 0 Å². The molecule has 0 amide bonds. The molecule has 0 bridgehead atoms. The number of benzene rings is 1. The Morgan fingerprint density at radius 1 is 1.42 bits per heavy atom. The molecule has 1 nitrogen and oxygen atoms in total. The maximum atomic E-state index is 12.5. The van der Waals surface area contributed by atoms with Gasteiger partial charge in [-0.15, -0.1) is 0 Å². The highest BCUT2D eigenvalue weighted by molar-refractivity contribution is 5.21. The van der Waals surface area contributed by atoms with Crippen molar-refractivity contribution >= 4 is 0 Å². The smallest absolute Gasteiger partial charge is 0.170 e. The van der Waals surface area contributed by atoms with E-state index in [1.807, 2.05) is 6.92 Å². The van der Waals surface area contributed by atoms with Crippen molar-refractivity contribution in [1.82, 2.24) is 0 Å². The Bertz CT molecular complexity index is 261. The van der Waals surface area contributed by atoms with Crippen LogP contribution in [-0.2, 0) is 0 Å². The van der Waals surface area contributed by atoms with Gasteiger partial charge in [0.05, 0.1) is 12.7 Å². The molecule has 1 radical (unpaired) electrons. The Labute approximate surface area is 70.0 Å². The van der Waals surface area contributed by atoms with Gasteiger partial charge >= 0.3 is 0 Å². The van der Waals surface area contributed by atoms with E-state index in [9.17, 15) is 8.78 Å². The SMILES string of the molecule is CCCOc1[c]c(F)c(F)cc1. The van der Waals surface area contributed by atoms with Gasteiger partial charge in [0.25, 0.3) is 0 Å². The summed E-state index contributed by atoms with van der Waals surface area (Å²) in [7, 11) is 0. The molecule has 0 aliphatic carbocycles. The summed E-state index contributed by atoms with van der Waals surface area (Å²) < 4.78 is 29.9. The number of ether oxygens (including phenoxy) is 1. The molecule has 0 heterocycles. The predicted molar refractivity (Wildman–Crippen MR) is 41.0 cm³/mol. The molecule has 0 aliphatic rings. The second-order valence-corrected chi connectivity index (χ2v) is 2.33. The first-order valence-corrected chi connectivity index (χ1v) is 3.74. The normalized spacial score (nSPS) is 9.92. The largest absolute Gasteiger partial charge is 0.493 e. The van der Waals surface area contributed by atoms with Crippen molar-refractivity contribution in [1.29, 1.82) is 0 Å². The van der Waals surface area contributed by atoms with Crippen LogP contribution in [0.1, 0.15) is 13.3 Å². The zero-order valence-corrected chi connectivity index (χ0v) is 6.73. The van der Waals surface area contributed by atoms with E-state index in [1.165, 1.54) is 6.07 Å². The van der Waals surface area contributed by atoms with E-state index in [2.05, 4.69) is 6.07 Å².